The summed E-state index contributed by atoms with van der Waals surface area (Å²) in [5.74, 6) is 1.53. The summed E-state index contributed by atoms with van der Waals surface area (Å²) in [6.45, 7) is 9.56. The molecule has 0 bridgehead atoms. The van der Waals surface area contributed by atoms with Gasteiger partial charge < -0.3 is 19.5 Å². The van der Waals surface area contributed by atoms with Gasteiger partial charge in [0, 0.05) is 24.8 Å². The van der Waals surface area contributed by atoms with Crippen LogP contribution < -0.4 is 10.2 Å². The Morgan fingerprint density at radius 3 is 2.83 bits per heavy atom. The standard InChI is InChI=1S/C20H25N7O2/c1-12-16-17(22-11-23-18(16)29-26-12)24-14-8-20(2,3)9-15-13(14)10-21-19(25-15)27-4-6-28-7-5-27/h10-11,14H,4-9H2,1-3H3,(H,22,23,24)/t14-/m1/s1. The molecular weight excluding hydrogens is 370 g/mol. The van der Waals surface area contributed by atoms with Gasteiger partial charge in [0.15, 0.2) is 0 Å². The van der Waals surface area contributed by atoms with Crippen LogP contribution in [0.5, 0.6) is 0 Å². The summed E-state index contributed by atoms with van der Waals surface area (Å²) in [6.07, 6.45) is 5.35. The quantitative estimate of drug-likeness (QED) is 0.717. The average molecular weight is 395 g/mol. The van der Waals surface area contributed by atoms with E-state index in [4.69, 9.17) is 14.2 Å². The molecule has 0 aromatic carbocycles. The van der Waals surface area contributed by atoms with Crippen LogP contribution in [0, 0.1) is 12.3 Å². The lowest BCUT2D eigenvalue weighted by Crippen LogP contribution is -2.38. The third-order valence-electron chi connectivity index (χ3n) is 5.71. The minimum absolute atomic E-state index is 0.0555. The average Bonchev–Trinajstić information content (AvgIpc) is 3.09. The molecule has 1 aliphatic heterocycles. The molecule has 1 aliphatic carbocycles. The van der Waals surface area contributed by atoms with Crippen LogP contribution in [0.4, 0.5) is 11.8 Å². The van der Waals surface area contributed by atoms with Crippen LogP contribution in [0.15, 0.2) is 17.0 Å². The van der Waals surface area contributed by atoms with Gasteiger partial charge in [0.2, 0.25) is 5.95 Å². The highest BCUT2D eigenvalue weighted by Crippen LogP contribution is 2.42. The van der Waals surface area contributed by atoms with E-state index < -0.39 is 0 Å². The van der Waals surface area contributed by atoms with Gasteiger partial charge in [-0.2, -0.15) is 4.98 Å². The Morgan fingerprint density at radius 1 is 1.17 bits per heavy atom. The van der Waals surface area contributed by atoms with E-state index in [0.29, 0.717) is 5.71 Å². The predicted molar refractivity (Wildman–Crippen MR) is 108 cm³/mol. The van der Waals surface area contributed by atoms with E-state index in [1.807, 2.05) is 13.1 Å². The summed E-state index contributed by atoms with van der Waals surface area (Å²) in [4.78, 5) is 20.5. The fourth-order valence-electron chi connectivity index (χ4n) is 4.28. The molecule has 1 saturated heterocycles. The first-order chi connectivity index (χ1) is 14.0. The van der Waals surface area contributed by atoms with Gasteiger partial charge in [-0.05, 0) is 25.2 Å². The molecule has 2 aliphatic rings. The van der Waals surface area contributed by atoms with Crippen LogP contribution in [-0.4, -0.2) is 51.4 Å². The number of fused-ring (bicyclic) bond motifs is 2. The Balaban J connectivity index is 1.50. The second-order valence-corrected chi connectivity index (χ2v) is 8.58. The molecule has 9 heteroatoms. The van der Waals surface area contributed by atoms with Crippen molar-refractivity contribution in [1.29, 1.82) is 0 Å². The lowest BCUT2D eigenvalue weighted by Gasteiger charge is -2.37. The molecule has 0 spiro atoms. The van der Waals surface area contributed by atoms with Crippen molar-refractivity contribution in [3.8, 4) is 0 Å². The maximum absolute atomic E-state index is 5.46. The zero-order valence-corrected chi connectivity index (χ0v) is 17.0. The normalized spacial score (nSPS) is 21.2. The number of aromatic nitrogens is 5. The highest BCUT2D eigenvalue weighted by molar-refractivity contribution is 5.87. The molecule has 0 amide bonds. The Kier molecular flexibility index (Phi) is 4.34. The highest BCUT2D eigenvalue weighted by Gasteiger charge is 2.35. The van der Waals surface area contributed by atoms with Crippen molar-refractivity contribution in [3.63, 3.8) is 0 Å². The van der Waals surface area contributed by atoms with Gasteiger partial charge in [0.25, 0.3) is 5.71 Å². The van der Waals surface area contributed by atoms with Crippen molar-refractivity contribution < 1.29 is 9.26 Å². The Bertz CT molecular complexity index is 1040. The molecule has 0 saturated carbocycles. The molecule has 1 atom stereocenters. The molecule has 1 N–H and O–H groups in total. The lowest BCUT2D eigenvalue weighted by molar-refractivity contribution is 0.122. The molecular formula is C20H25N7O2. The minimum atomic E-state index is 0.0555. The summed E-state index contributed by atoms with van der Waals surface area (Å²) in [7, 11) is 0. The number of ether oxygens (including phenoxy) is 1. The Labute approximate surface area is 168 Å². The number of hydrogen-bond acceptors (Lipinski definition) is 9. The maximum atomic E-state index is 5.46. The van der Waals surface area contributed by atoms with Crippen LogP contribution in [0.25, 0.3) is 11.1 Å². The second kappa shape index (κ2) is 6.91. The summed E-state index contributed by atoms with van der Waals surface area (Å²) < 4.78 is 10.7. The van der Waals surface area contributed by atoms with Crippen LogP contribution in [0.2, 0.25) is 0 Å². The van der Waals surface area contributed by atoms with Gasteiger partial charge in [0.05, 0.1) is 30.6 Å². The number of hydrogen-bond donors (Lipinski definition) is 1. The number of nitrogens with zero attached hydrogens (tertiary/aromatic N) is 6. The molecule has 3 aromatic heterocycles. The van der Waals surface area contributed by atoms with Gasteiger partial charge in [-0.3, -0.25) is 0 Å². The van der Waals surface area contributed by atoms with E-state index in [1.165, 1.54) is 6.33 Å². The first kappa shape index (κ1) is 18.2. The smallest absolute Gasteiger partial charge is 0.263 e. The van der Waals surface area contributed by atoms with Crippen molar-refractivity contribution in [2.75, 3.05) is 36.5 Å². The van der Waals surface area contributed by atoms with Gasteiger partial charge in [-0.25, -0.2) is 15.0 Å². The largest absolute Gasteiger partial charge is 0.378 e. The number of anilines is 2. The van der Waals surface area contributed by atoms with Gasteiger partial charge >= 0.3 is 0 Å². The fourth-order valence-corrected chi connectivity index (χ4v) is 4.28. The molecule has 0 unspecified atom stereocenters. The SMILES string of the molecule is Cc1noc2ncnc(N[C@@H]3CC(C)(C)Cc4nc(N5CCOCC5)ncc43)c12. The third kappa shape index (κ3) is 3.39. The second-order valence-electron chi connectivity index (χ2n) is 8.58. The van der Waals surface area contributed by atoms with E-state index in [1.54, 1.807) is 0 Å². The molecule has 4 heterocycles. The van der Waals surface area contributed by atoms with E-state index in [0.717, 1.165) is 73.2 Å². The number of nitrogens with one attached hydrogen (secondary N) is 1. The monoisotopic (exact) mass is 395 g/mol. The fraction of sp³-hybridized carbons (Fsp3) is 0.550. The van der Waals surface area contributed by atoms with Gasteiger partial charge in [-0.15, -0.1) is 0 Å². The topological polar surface area (TPSA) is 102 Å². The summed E-state index contributed by atoms with van der Waals surface area (Å²) >= 11 is 0. The van der Waals surface area contributed by atoms with Crippen molar-refractivity contribution in [1.82, 2.24) is 25.1 Å². The summed E-state index contributed by atoms with van der Waals surface area (Å²) in [5.41, 5.74) is 3.60. The molecule has 1 fully saturated rings. The van der Waals surface area contributed by atoms with E-state index in [9.17, 15) is 0 Å². The Morgan fingerprint density at radius 2 is 2.00 bits per heavy atom. The van der Waals surface area contributed by atoms with Crippen LogP contribution in [-0.2, 0) is 11.2 Å². The van der Waals surface area contributed by atoms with Crippen molar-refractivity contribution in [3.05, 3.63) is 29.5 Å². The first-order valence-corrected chi connectivity index (χ1v) is 10.0. The maximum Gasteiger partial charge on any atom is 0.263 e. The van der Waals surface area contributed by atoms with Crippen molar-refractivity contribution >= 4 is 22.9 Å². The molecule has 3 aromatic rings. The van der Waals surface area contributed by atoms with Gasteiger partial charge in [-0.1, -0.05) is 19.0 Å². The lowest BCUT2D eigenvalue weighted by atomic mass is 9.74. The van der Waals surface area contributed by atoms with Gasteiger partial charge in [0.1, 0.15) is 17.5 Å². The zero-order chi connectivity index (χ0) is 20.0. The number of morpholine rings is 1. The van der Waals surface area contributed by atoms with Crippen molar-refractivity contribution in [2.45, 2.75) is 39.7 Å². The highest BCUT2D eigenvalue weighted by atomic mass is 16.5. The molecule has 0 radical (unpaired) electrons. The zero-order valence-electron chi connectivity index (χ0n) is 17.0. The van der Waals surface area contributed by atoms with E-state index >= 15 is 0 Å². The third-order valence-corrected chi connectivity index (χ3v) is 5.71. The molecule has 29 heavy (non-hydrogen) atoms. The first-order valence-electron chi connectivity index (χ1n) is 10.0. The van der Waals surface area contributed by atoms with Crippen LogP contribution in [0.3, 0.4) is 0 Å². The van der Waals surface area contributed by atoms with Crippen LogP contribution in [0.1, 0.15) is 43.3 Å². The molecule has 152 valence electrons. The predicted octanol–water partition coefficient (Wildman–Crippen LogP) is 2.68. The summed E-state index contributed by atoms with van der Waals surface area (Å²) in [6, 6.07) is 0.0555. The Hall–Kier alpha value is -2.81. The minimum Gasteiger partial charge on any atom is -0.378 e. The summed E-state index contributed by atoms with van der Waals surface area (Å²) in [5, 5.41) is 8.45. The molecule has 5 rings (SSSR count). The number of rotatable bonds is 3. The van der Waals surface area contributed by atoms with E-state index in [2.05, 4.69) is 44.2 Å². The molecule has 9 nitrogen and oxygen atoms in total. The van der Waals surface area contributed by atoms with Crippen LogP contribution >= 0.6 is 0 Å². The number of aryl methyl sites for hydroxylation is 1. The van der Waals surface area contributed by atoms with Crippen molar-refractivity contribution in [2.24, 2.45) is 5.41 Å². The van der Waals surface area contributed by atoms with E-state index in [-0.39, 0.29) is 11.5 Å².